The maximum absolute atomic E-state index is 2.23. The van der Waals surface area contributed by atoms with Gasteiger partial charge >= 0.3 is 0 Å². The molecule has 0 aromatic carbocycles. The summed E-state index contributed by atoms with van der Waals surface area (Å²) in [6, 6.07) is 0. The Morgan fingerprint density at radius 3 is 2.58 bits per heavy atom. The molecule has 0 spiro atoms. The number of imidazole rings is 1. The number of nitrogens with zero attached hydrogens (tertiary/aromatic N) is 2. The van der Waals surface area contributed by atoms with Crippen molar-refractivity contribution in [2.24, 2.45) is 7.05 Å². The van der Waals surface area contributed by atoms with Crippen LogP contribution in [0.15, 0.2) is 18.7 Å². The zero-order valence-corrected chi connectivity index (χ0v) is 7.90. The van der Waals surface area contributed by atoms with E-state index in [1.807, 2.05) is 0 Å². The molecule has 12 heavy (non-hydrogen) atoms. The number of hydrogen-bond acceptors (Lipinski definition) is 1. The van der Waals surface area contributed by atoms with Crippen LogP contribution in [-0.2, 0) is 13.6 Å². The van der Waals surface area contributed by atoms with Crippen molar-refractivity contribution in [3.8, 4) is 0 Å². The van der Waals surface area contributed by atoms with Crippen LogP contribution in [-0.4, -0.2) is 10.0 Å². The topological polar surface area (TPSA) is 38.8 Å². The Morgan fingerprint density at radius 2 is 2.08 bits per heavy atom. The largest absolute Gasteiger partial charge is 0.870 e. The summed E-state index contributed by atoms with van der Waals surface area (Å²) in [4.78, 5) is 0. The van der Waals surface area contributed by atoms with Gasteiger partial charge in [0.1, 0.15) is 12.4 Å². The highest BCUT2D eigenvalue weighted by atomic mass is 16.0. The molecule has 0 unspecified atom stereocenters. The van der Waals surface area contributed by atoms with Crippen LogP contribution >= 0.6 is 0 Å². The molecule has 0 aliphatic carbocycles. The summed E-state index contributed by atoms with van der Waals surface area (Å²) in [7, 11) is 2.05. The normalized spacial score (nSPS) is 9.50. The van der Waals surface area contributed by atoms with Gasteiger partial charge in [-0.15, -0.1) is 0 Å². The van der Waals surface area contributed by atoms with Crippen molar-refractivity contribution in [3.63, 3.8) is 0 Å². The summed E-state index contributed by atoms with van der Waals surface area (Å²) in [5.41, 5.74) is 0. The molecule has 0 radical (unpaired) electrons. The minimum Gasteiger partial charge on any atom is -0.870 e. The van der Waals surface area contributed by atoms with Gasteiger partial charge < -0.3 is 5.48 Å². The molecule has 1 N–H and O–H groups in total. The Balaban J connectivity index is 0.00000121. The quantitative estimate of drug-likeness (QED) is 0.496. The third-order valence-electron chi connectivity index (χ3n) is 1.84. The first kappa shape index (κ1) is 11.2. The fraction of sp³-hybridized carbons (Fsp3) is 0.667. The first-order valence-electron chi connectivity index (χ1n) is 4.34. The number of hydrogen-bond donors (Lipinski definition) is 0. The number of aromatic nitrogens is 2. The van der Waals surface area contributed by atoms with Crippen molar-refractivity contribution < 1.29 is 10.0 Å². The van der Waals surface area contributed by atoms with Gasteiger partial charge in [0, 0.05) is 0 Å². The molecule has 0 atom stereocenters. The Kier molecular flexibility index (Phi) is 5.37. The van der Waals surface area contributed by atoms with Gasteiger partial charge in [-0.05, 0) is 12.8 Å². The molecule has 1 aromatic rings. The van der Waals surface area contributed by atoms with Crippen molar-refractivity contribution in [1.29, 1.82) is 0 Å². The van der Waals surface area contributed by atoms with Gasteiger partial charge in [-0.1, -0.05) is 13.3 Å². The van der Waals surface area contributed by atoms with E-state index in [-0.39, 0.29) is 5.48 Å². The maximum atomic E-state index is 2.23. The summed E-state index contributed by atoms with van der Waals surface area (Å²) in [5, 5.41) is 0. The first-order valence-corrected chi connectivity index (χ1v) is 4.34. The second-order valence-electron chi connectivity index (χ2n) is 3.02. The Morgan fingerprint density at radius 1 is 1.33 bits per heavy atom. The molecule has 1 rings (SSSR count). The Labute approximate surface area is 74.0 Å². The molecule has 3 nitrogen and oxygen atoms in total. The molecular weight excluding hydrogens is 152 g/mol. The van der Waals surface area contributed by atoms with E-state index < -0.39 is 0 Å². The Hall–Kier alpha value is -0.830. The molecule has 70 valence electrons. The fourth-order valence-corrected chi connectivity index (χ4v) is 1.18. The lowest BCUT2D eigenvalue weighted by Gasteiger charge is -1.93. The van der Waals surface area contributed by atoms with Gasteiger partial charge in [0.05, 0.1) is 13.6 Å². The monoisotopic (exact) mass is 170 g/mol. The van der Waals surface area contributed by atoms with Gasteiger partial charge in [-0.2, -0.15) is 0 Å². The van der Waals surface area contributed by atoms with Gasteiger partial charge in [0.25, 0.3) is 0 Å². The summed E-state index contributed by atoms with van der Waals surface area (Å²) in [6.45, 7) is 3.39. The van der Waals surface area contributed by atoms with Crippen LogP contribution < -0.4 is 4.57 Å². The van der Waals surface area contributed by atoms with Crippen LogP contribution in [0.4, 0.5) is 0 Å². The summed E-state index contributed by atoms with van der Waals surface area (Å²) in [6.07, 6.45) is 10.2. The van der Waals surface area contributed by atoms with Crippen molar-refractivity contribution >= 4 is 0 Å². The van der Waals surface area contributed by atoms with Crippen LogP contribution in [0.25, 0.3) is 0 Å². The lowest BCUT2D eigenvalue weighted by atomic mass is 10.2. The van der Waals surface area contributed by atoms with Crippen LogP contribution in [0.3, 0.4) is 0 Å². The third kappa shape index (κ3) is 3.53. The third-order valence-corrected chi connectivity index (χ3v) is 1.84. The van der Waals surface area contributed by atoms with Crippen LogP contribution in [0.2, 0.25) is 0 Å². The van der Waals surface area contributed by atoms with E-state index in [9.17, 15) is 0 Å². The highest BCUT2D eigenvalue weighted by Crippen LogP contribution is 1.96. The second kappa shape index (κ2) is 5.77. The minimum atomic E-state index is 0. The highest BCUT2D eigenvalue weighted by Gasteiger charge is 1.97. The molecule has 0 aliphatic heterocycles. The van der Waals surface area contributed by atoms with Crippen LogP contribution in [0.1, 0.15) is 26.2 Å². The minimum absolute atomic E-state index is 0. The van der Waals surface area contributed by atoms with Crippen LogP contribution in [0.5, 0.6) is 0 Å². The zero-order valence-electron chi connectivity index (χ0n) is 7.90. The SMILES string of the molecule is CCCCCn1cc[n+](C)c1.[OH-]. The molecule has 0 amide bonds. The van der Waals surface area contributed by atoms with E-state index in [2.05, 4.69) is 41.8 Å². The number of rotatable bonds is 4. The van der Waals surface area contributed by atoms with E-state index in [0.717, 1.165) is 6.54 Å². The average Bonchev–Trinajstić information content (AvgIpc) is 2.37. The van der Waals surface area contributed by atoms with E-state index in [1.165, 1.54) is 19.3 Å². The van der Waals surface area contributed by atoms with E-state index in [1.54, 1.807) is 0 Å². The van der Waals surface area contributed by atoms with Gasteiger partial charge in [0.2, 0.25) is 6.33 Å². The number of aryl methyl sites for hydroxylation is 2. The standard InChI is InChI=1S/C9H17N2.H2O/c1-3-4-5-6-11-8-7-10(2)9-11;/h7-9H,3-6H2,1-2H3;1H2/q+1;/p-1. The highest BCUT2D eigenvalue weighted by molar-refractivity contribution is 4.65. The Bertz CT molecular complexity index is 208. The van der Waals surface area contributed by atoms with E-state index in [4.69, 9.17) is 0 Å². The lowest BCUT2D eigenvalue weighted by Crippen LogP contribution is -2.23. The first-order chi connectivity index (χ1) is 5.33. The molecular formula is C9H18N2O. The van der Waals surface area contributed by atoms with Crippen molar-refractivity contribution in [3.05, 3.63) is 18.7 Å². The second-order valence-corrected chi connectivity index (χ2v) is 3.02. The fourth-order valence-electron chi connectivity index (χ4n) is 1.18. The molecule has 0 bridgehead atoms. The molecule has 0 fully saturated rings. The summed E-state index contributed by atoms with van der Waals surface area (Å²) in [5.74, 6) is 0. The predicted molar refractivity (Wildman–Crippen MR) is 47.1 cm³/mol. The molecule has 0 saturated carbocycles. The zero-order chi connectivity index (χ0) is 8.10. The summed E-state index contributed by atoms with van der Waals surface area (Å²) >= 11 is 0. The lowest BCUT2D eigenvalue weighted by molar-refractivity contribution is -0.671. The predicted octanol–water partition coefficient (Wildman–Crippen LogP) is 1.33. The molecule has 1 heterocycles. The summed E-state index contributed by atoms with van der Waals surface area (Å²) < 4.78 is 4.31. The molecule has 0 aliphatic rings. The van der Waals surface area contributed by atoms with E-state index >= 15 is 0 Å². The maximum Gasteiger partial charge on any atom is 0.243 e. The molecule has 0 saturated heterocycles. The average molecular weight is 170 g/mol. The van der Waals surface area contributed by atoms with Gasteiger partial charge in [0.15, 0.2) is 0 Å². The van der Waals surface area contributed by atoms with Crippen LogP contribution in [0, 0.1) is 0 Å². The van der Waals surface area contributed by atoms with E-state index in [0.29, 0.717) is 0 Å². The molecule has 1 aromatic heterocycles. The van der Waals surface area contributed by atoms with Crippen molar-refractivity contribution in [2.45, 2.75) is 32.7 Å². The van der Waals surface area contributed by atoms with Crippen molar-refractivity contribution in [1.82, 2.24) is 4.57 Å². The smallest absolute Gasteiger partial charge is 0.243 e. The molecule has 3 heteroatoms. The van der Waals surface area contributed by atoms with Gasteiger partial charge in [-0.3, -0.25) is 0 Å². The van der Waals surface area contributed by atoms with Crippen molar-refractivity contribution in [2.75, 3.05) is 0 Å². The number of unbranched alkanes of at least 4 members (excludes halogenated alkanes) is 2. The van der Waals surface area contributed by atoms with Gasteiger partial charge in [-0.25, -0.2) is 9.13 Å².